The first-order chi connectivity index (χ1) is 13.9. The highest BCUT2D eigenvalue weighted by Gasteiger charge is 2.40. The number of hydrogen-bond donors (Lipinski definition) is 1. The van der Waals surface area contributed by atoms with E-state index in [1.807, 2.05) is 0 Å². The van der Waals surface area contributed by atoms with Gasteiger partial charge in [0.25, 0.3) is 11.8 Å². The van der Waals surface area contributed by atoms with E-state index in [4.69, 9.17) is 30.5 Å². The summed E-state index contributed by atoms with van der Waals surface area (Å²) in [5.41, 5.74) is 0.585. The number of benzene rings is 2. The van der Waals surface area contributed by atoms with Crippen molar-refractivity contribution in [3.05, 3.63) is 47.1 Å². The molecule has 9 heteroatoms. The molecule has 1 heterocycles. The molecule has 0 fully saturated rings. The maximum atomic E-state index is 13.0. The number of rotatable bonds is 7. The first-order valence-electron chi connectivity index (χ1n) is 8.44. The van der Waals surface area contributed by atoms with Gasteiger partial charge in [0.15, 0.2) is 0 Å². The topological polar surface area (TPSA) is 86.3 Å². The van der Waals surface area contributed by atoms with E-state index in [-0.39, 0.29) is 22.2 Å². The second kappa shape index (κ2) is 8.32. The van der Waals surface area contributed by atoms with Gasteiger partial charge in [-0.3, -0.25) is 9.59 Å². The molecule has 0 unspecified atom stereocenters. The number of nitrogens with one attached hydrogen (secondary N) is 1. The van der Waals surface area contributed by atoms with Crippen molar-refractivity contribution in [3.63, 3.8) is 0 Å². The summed E-state index contributed by atoms with van der Waals surface area (Å²) in [6.45, 7) is 0. The monoisotopic (exact) mass is 418 g/mol. The number of imide groups is 1. The van der Waals surface area contributed by atoms with E-state index in [0.717, 1.165) is 4.90 Å². The lowest BCUT2D eigenvalue weighted by Crippen LogP contribution is -2.32. The third kappa shape index (κ3) is 3.66. The molecule has 152 valence electrons. The summed E-state index contributed by atoms with van der Waals surface area (Å²) in [5.74, 6) is 0.482. The number of carbonyl (C=O) groups excluding carboxylic acids is 2. The molecule has 0 atom stereocenters. The SMILES string of the molecule is COc1ccc(OC)c(NC2=C(Cl)C(=O)N(c3ccc(OC)cc3OC)C2=O)c1. The van der Waals surface area contributed by atoms with Crippen LogP contribution in [0.1, 0.15) is 0 Å². The molecule has 0 spiro atoms. The van der Waals surface area contributed by atoms with Gasteiger partial charge in [-0.05, 0) is 24.3 Å². The lowest BCUT2D eigenvalue weighted by molar-refractivity contribution is -0.120. The van der Waals surface area contributed by atoms with Gasteiger partial charge in [-0.15, -0.1) is 0 Å². The van der Waals surface area contributed by atoms with Crippen LogP contribution in [0, 0.1) is 0 Å². The number of amides is 2. The number of ether oxygens (including phenoxy) is 4. The van der Waals surface area contributed by atoms with Crippen LogP contribution in [0.15, 0.2) is 47.1 Å². The lowest BCUT2D eigenvalue weighted by atomic mass is 10.2. The quantitative estimate of drug-likeness (QED) is 0.691. The van der Waals surface area contributed by atoms with E-state index in [2.05, 4.69) is 5.32 Å². The minimum atomic E-state index is -0.676. The van der Waals surface area contributed by atoms with E-state index in [1.54, 1.807) is 36.4 Å². The maximum Gasteiger partial charge on any atom is 0.283 e. The van der Waals surface area contributed by atoms with Crippen LogP contribution in [0.5, 0.6) is 23.0 Å². The Morgan fingerprint density at radius 2 is 1.41 bits per heavy atom. The molecule has 1 aliphatic heterocycles. The number of methoxy groups -OCH3 is 4. The minimum Gasteiger partial charge on any atom is -0.497 e. The Labute approximate surface area is 172 Å². The molecule has 8 nitrogen and oxygen atoms in total. The van der Waals surface area contributed by atoms with Gasteiger partial charge in [0.1, 0.15) is 33.7 Å². The van der Waals surface area contributed by atoms with Crippen molar-refractivity contribution in [2.75, 3.05) is 38.7 Å². The molecule has 1 aliphatic rings. The van der Waals surface area contributed by atoms with Crippen molar-refractivity contribution in [2.24, 2.45) is 0 Å². The Morgan fingerprint density at radius 1 is 0.793 bits per heavy atom. The second-order valence-electron chi connectivity index (χ2n) is 5.86. The van der Waals surface area contributed by atoms with E-state index >= 15 is 0 Å². The smallest absolute Gasteiger partial charge is 0.283 e. The number of nitrogens with zero attached hydrogens (tertiary/aromatic N) is 1. The Kier molecular flexibility index (Phi) is 5.84. The number of halogens is 1. The fourth-order valence-corrected chi connectivity index (χ4v) is 3.06. The first-order valence-corrected chi connectivity index (χ1v) is 8.82. The van der Waals surface area contributed by atoms with Gasteiger partial charge >= 0.3 is 0 Å². The molecule has 29 heavy (non-hydrogen) atoms. The highest BCUT2D eigenvalue weighted by Crippen LogP contribution is 2.39. The van der Waals surface area contributed by atoms with Crippen LogP contribution in [-0.4, -0.2) is 40.3 Å². The summed E-state index contributed by atoms with van der Waals surface area (Å²) in [5, 5.41) is 2.64. The Morgan fingerprint density at radius 3 is 2.03 bits per heavy atom. The van der Waals surface area contributed by atoms with Crippen LogP contribution >= 0.6 is 11.6 Å². The van der Waals surface area contributed by atoms with E-state index < -0.39 is 11.8 Å². The zero-order valence-electron chi connectivity index (χ0n) is 16.2. The molecular weight excluding hydrogens is 400 g/mol. The van der Waals surface area contributed by atoms with Gasteiger partial charge in [-0.1, -0.05) is 11.6 Å². The number of carbonyl (C=O) groups is 2. The van der Waals surface area contributed by atoms with Crippen molar-refractivity contribution < 1.29 is 28.5 Å². The molecular formula is C20H19ClN2O6. The first kappa shape index (κ1) is 20.3. The number of anilines is 2. The molecule has 2 aromatic rings. The summed E-state index contributed by atoms with van der Waals surface area (Å²) < 4.78 is 21.0. The highest BCUT2D eigenvalue weighted by atomic mass is 35.5. The van der Waals surface area contributed by atoms with Crippen LogP contribution in [0.3, 0.4) is 0 Å². The lowest BCUT2D eigenvalue weighted by Gasteiger charge is -2.19. The molecule has 0 aromatic heterocycles. The van der Waals surface area contributed by atoms with Crippen LogP contribution in [0.4, 0.5) is 11.4 Å². The predicted molar refractivity (Wildman–Crippen MR) is 108 cm³/mol. The average molecular weight is 419 g/mol. The molecule has 0 saturated carbocycles. The van der Waals surface area contributed by atoms with Crippen LogP contribution < -0.4 is 29.2 Å². The summed E-state index contributed by atoms with van der Waals surface area (Å²) in [7, 11) is 5.93. The summed E-state index contributed by atoms with van der Waals surface area (Å²) in [6.07, 6.45) is 0. The molecule has 0 bridgehead atoms. The van der Waals surface area contributed by atoms with Crippen LogP contribution in [-0.2, 0) is 9.59 Å². The van der Waals surface area contributed by atoms with Gasteiger partial charge in [0.05, 0.1) is 39.8 Å². The van der Waals surface area contributed by atoms with Crippen molar-refractivity contribution in [1.29, 1.82) is 0 Å². The Bertz CT molecular complexity index is 1000. The zero-order valence-corrected chi connectivity index (χ0v) is 17.0. The van der Waals surface area contributed by atoms with Gasteiger partial charge in [-0.25, -0.2) is 4.90 Å². The summed E-state index contributed by atoms with van der Waals surface area (Å²) in [4.78, 5) is 26.7. The third-order valence-corrected chi connectivity index (χ3v) is 4.67. The van der Waals surface area contributed by atoms with Crippen molar-refractivity contribution in [3.8, 4) is 23.0 Å². The molecule has 0 saturated heterocycles. The fourth-order valence-electron chi connectivity index (χ4n) is 2.85. The molecule has 1 N–H and O–H groups in total. The normalized spacial score (nSPS) is 13.6. The highest BCUT2D eigenvalue weighted by molar-refractivity contribution is 6.53. The number of hydrogen-bond acceptors (Lipinski definition) is 7. The van der Waals surface area contributed by atoms with E-state index in [9.17, 15) is 9.59 Å². The summed E-state index contributed by atoms with van der Waals surface area (Å²) in [6, 6.07) is 9.73. The average Bonchev–Trinajstić information content (AvgIpc) is 2.96. The predicted octanol–water partition coefficient (Wildman–Crippen LogP) is 3.16. The van der Waals surface area contributed by atoms with E-state index in [1.165, 1.54) is 28.4 Å². The van der Waals surface area contributed by atoms with Gasteiger partial charge in [0.2, 0.25) is 0 Å². The second-order valence-corrected chi connectivity index (χ2v) is 6.24. The standard InChI is InChI=1S/C20H19ClN2O6/c1-26-11-6-8-15(28-3)13(9-11)22-18-17(21)19(24)23(20(18)25)14-7-5-12(27-2)10-16(14)29-4/h5-10,22H,1-4H3. The molecule has 2 amide bonds. The van der Waals surface area contributed by atoms with Gasteiger partial charge in [0, 0.05) is 12.1 Å². The largest absolute Gasteiger partial charge is 0.497 e. The zero-order chi connectivity index (χ0) is 21.1. The molecule has 0 radical (unpaired) electrons. The van der Waals surface area contributed by atoms with Crippen molar-refractivity contribution >= 4 is 34.8 Å². The van der Waals surface area contributed by atoms with Crippen LogP contribution in [0.25, 0.3) is 0 Å². The molecule has 2 aromatic carbocycles. The minimum absolute atomic E-state index is 0.0823. The fraction of sp³-hybridized carbons (Fsp3) is 0.200. The maximum absolute atomic E-state index is 13.0. The Hall–Kier alpha value is -3.39. The molecule has 3 rings (SSSR count). The Balaban J connectivity index is 1.98. The summed E-state index contributed by atoms with van der Waals surface area (Å²) >= 11 is 6.21. The third-order valence-electron chi connectivity index (χ3n) is 4.32. The molecule has 0 aliphatic carbocycles. The van der Waals surface area contributed by atoms with Gasteiger partial charge < -0.3 is 24.3 Å². The van der Waals surface area contributed by atoms with Crippen LogP contribution in [0.2, 0.25) is 0 Å². The van der Waals surface area contributed by atoms with Crippen molar-refractivity contribution in [1.82, 2.24) is 0 Å². The van der Waals surface area contributed by atoms with Crippen molar-refractivity contribution in [2.45, 2.75) is 0 Å². The van der Waals surface area contributed by atoms with Gasteiger partial charge in [-0.2, -0.15) is 0 Å². The van der Waals surface area contributed by atoms with E-state index in [0.29, 0.717) is 22.9 Å².